The number of benzene rings is 1. The summed E-state index contributed by atoms with van der Waals surface area (Å²) in [5.41, 5.74) is 4.22. The van der Waals surface area contributed by atoms with Gasteiger partial charge in [-0.1, -0.05) is 0 Å². The van der Waals surface area contributed by atoms with Crippen molar-refractivity contribution in [2.75, 3.05) is 12.8 Å². The molecule has 9 heteroatoms. The van der Waals surface area contributed by atoms with Gasteiger partial charge in [0.05, 0.1) is 11.8 Å². The summed E-state index contributed by atoms with van der Waals surface area (Å²) >= 11 is 0.213. The Bertz CT molecular complexity index is 668. The van der Waals surface area contributed by atoms with Gasteiger partial charge in [0.25, 0.3) is 0 Å². The van der Waals surface area contributed by atoms with E-state index in [0.29, 0.717) is 10.6 Å². The molecule has 24 heavy (non-hydrogen) atoms. The lowest BCUT2D eigenvalue weighted by Gasteiger charge is -2.54. The van der Waals surface area contributed by atoms with E-state index >= 15 is 0 Å². The number of amides is 1. The van der Waals surface area contributed by atoms with Crippen molar-refractivity contribution in [3.63, 3.8) is 0 Å². The predicted molar refractivity (Wildman–Crippen MR) is 90.3 cm³/mol. The van der Waals surface area contributed by atoms with Gasteiger partial charge in [0.1, 0.15) is 23.4 Å². The molecule has 1 aromatic rings. The molecule has 2 fully saturated rings. The monoisotopic (exact) mass is 370 g/mol. The van der Waals surface area contributed by atoms with Gasteiger partial charge in [0.2, 0.25) is 11.5 Å². The molecule has 0 radical (unpaired) electrons. The highest BCUT2D eigenvalue weighted by Gasteiger charge is 2.60. The predicted octanol–water partition coefficient (Wildman–Crippen LogP) is 0.257. The van der Waals surface area contributed by atoms with Crippen LogP contribution in [0.1, 0.15) is 6.92 Å². The van der Waals surface area contributed by atoms with Crippen molar-refractivity contribution in [1.29, 1.82) is 0 Å². The van der Waals surface area contributed by atoms with Gasteiger partial charge in [-0.3, -0.25) is 4.79 Å². The van der Waals surface area contributed by atoms with Gasteiger partial charge < -0.3 is 25.0 Å². The number of carbonyl (C=O) groups excluding carboxylic acids is 1. The molecule has 4 unspecified atom stereocenters. The first kappa shape index (κ1) is 17.4. The number of ether oxygens (including phenoxy) is 1. The molecule has 1 aromatic carbocycles. The molecule has 7 nitrogen and oxygen atoms in total. The second-order valence-corrected chi connectivity index (χ2v) is 8.72. The van der Waals surface area contributed by atoms with Gasteiger partial charge in [-0.25, -0.2) is 4.79 Å². The Morgan fingerprint density at radius 3 is 2.67 bits per heavy atom. The first-order valence-electron chi connectivity index (χ1n) is 7.33. The van der Waals surface area contributed by atoms with E-state index in [1.807, 2.05) is 0 Å². The Balaban J connectivity index is 1.86. The SMILES string of the molecule is CC1S[C@@H]2C(N)C(=O)N2CC1(Oc1ccc([S+](C)[O-])cc1)C(=O)O. The molecule has 2 heterocycles. The van der Waals surface area contributed by atoms with Crippen molar-refractivity contribution in [2.24, 2.45) is 5.73 Å². The number of β-lactam (4-membered cyclic amide) rings is 1. The van der Waals surface area contributed by atoms with Crippen LogP contribution in [0.4, 0.5) is 0 Å². The minimum absolute atomic E-state index is 0.0465. The van der Waals surface area contributed by atoms with Crippen LogP contribution < -0.4 is 10.5 Å². The van der Waals surface area contributed by atoms with Crippen LogP contribution in [0, 0.1) is 0 Å². The highest BCUT2D eigenvalue weighted by molar-refractivity contribution is 8.00. The third-order valence-electron chi connectivity index (χ3n) is 4.41. The molecular formula is C15H18N2O5S2. The fourth-order valence-electron chi connectivity index (χ4n) is 2.89. The summed E-state index contributed by atoms with van der Waals surface area (Å²) < 4.78 is 17.3. The van der Waals surface area contributed by atoms with Crippen molar-refractivity contribution in [2.45, 2.75) is 34.1 Å². The van der Waals surface area contributed by atoms with Gasteiger partial charge in [0.15, 0.2) is 4.90 Å². The Morgan fingerprint density at radius 1 is 1.50 bits per heavy atom. The summed E-state index contributed by atoms with van der Waals surface area (Å²) in [6, 6.07) is 5.87. The number of rotatable bonds is 4. The van der Waals surface area contributed by atoms with Crippen molar-refractivity contribution in [1.82, 2.24) is 4.90 Å². The average molecular weight is 370 g/mol. The highest BCUT2D eigenvalue weighted by atomic mass is 32.2. The molecule has 3 N–H and O–H groups in total. The van der Waals surface area contributed by atoms with E-state index in [1.165, 1.54) is 16.7 Å². The number of carbonyl (C=O) groups is 2. The van der Waals surface area contributed by atoms with E-state index in [4.69, 9.17) is 10.5 Å². The Kier molecular flexibility index (Phi) is 4.45. The zero-order chi connectivity index (χ0) is 17.6. The van der Waals surface area contributed by atoms with E-state index in [1.54, 1.807) is 37.4 Å². The van der Waals surface area contributed by atoms with Crippen molar-refractivity contribution >= 4 is 34.8 Å². The van der Waals surface area contributed by atoms with Crippen LogP contribution >= 0.6 is 11.8 Å². The molecule has 0 saturated carbocycles. The highest BCUT2D eigenvalue weighted by Crippen LogP contribution is 2.44. The van der Waals surface area contributed by atoms with Crippen molar-refractivity contribution in [3.8, 4) is 5.75 Å². The van der Waals surface area contributed by atoms with Gasteiger partial charge in [-0.2, -0.15) is 0 Å². The molecule has 5 atom stereocenters. The molecule has 0 aromatic heterocycles. The normalized spacial score (nSPS) is 33.4. The summed E-state index contributed by atoms with van der Waals surface area (Å²) in [6.07, 6.45) is 1.56. The molecule has 2 saturated heterocycles. The van der Waals surface area contributed by atoms with Gasteiger partial charge in [-0.15, -0.1) is 11.8 Å². The zero-order valence-electron chi connectivity index (χ0n) is 13.2. The molecule has 0 aliphatic carbocycles. The van der Waals surface area contributed by atoms with Crippen molar-refractivity contribution in [3.05, 3.63) is 24.3 Å². The molecule has 0 spiro atoms. The number of carboxylic acids is 1. The number of thioether (sulfide) groups is 1. The number of hydrogen-bond acceptors (Lipinski definition) is 6. The number of nitrogens with two attached hydrogens (primary N) is 1. The van der Waals surface area contributed by atoms with Crippen LogP contribution in [0.25, 0.3) is 0 Å². The first-order chi connectivity index (χ1) is 11.3. The third-order valence-corrected chi connectivity index (χ3v) is 6.96. The quantitative estimate of drug-likeness (QED) is 0.577. The third kappa shape index (κ3) is 2.65. The number of fused-ring (bicyclic) bond motifs is 1. The Morgan fingerprint density at radius 2 is 2.12 bits per heavy atom. The lowest BCUT2D eigenvalue weighted by Crippen LogP contribution is -2.76. The lowest BCUT2D eigenvalue weighted by molar-refractivity contribution is -0.165. The average Bonchev–Trinajstić information content (AvgIpc) is 2.56. The molecular weight excluding hydrogens is 352 g/mol. The smallest absolute Gasteiger partial charge is 0.351 e. The minimum Gasteiger partial charge on any atom is -0.612 e. The van der Waals surface area contributed by atoms with Gasteiger partial charge in [0, 0.05) is 0 Å². The molecule has 2 aliphatic heterocycles. The topological polar surface area (TPSA) is 116 Å². The van der Waals surface area contributed by atoms with E-state index in [9.17, 15) is 19.2 Å². The van der Waals surface area contributed by atoms with Crippen LogP contribution in [0.5, 0.6) is 5.75 Å². The standard InChI is InChI=1S/C15H18N2O5S2/c1-8-15(14(19)20,7-17-12(18)11(16)13(17)23-8)22-9-3-5-10(6-4-9)24(2)21/h3-6,8,11,13H,7,16H2,1-2H3,(H,19,20)/t8?,11?,13-,15?,24?/m1/s1. The van der Waals surface area contributed by atoms with Crippen LogP contribution in [0.2, 0.25) is 0 Å². The van der Waals surface area contributed by atoms with Crippen LogP contribution in [-0.2, 0) is 20.8 Å². The molecule has 130 valence electrons. The molecule has 3 rings (SSSR count). The largest absolute Gasteiger partial charge is 0.612 e. The fraction of sp³-hybridized carbons (Fsp3) is 0.467. The summed E-state index contributed by atoms with van der Waals surface area (Å²) in [6.45, 7) is 1.72. The van der Waals surface area contributed by atoms with Gasteiger partial charge in [-0.05, 0) is 42.4 Å². The summed E-state index contributed by atoms with van der Waals surface area (Å²) in [5.74, 6) is -1.03. The number of carboxylic acid groups (broad SMARTS) is 1. The maximum atomic E-state index is 12.0. The fourth-order valence-corrected chi connectivity index (χ4v) is 4.88. The minimum atomic E-state index is -1.55. The maximum Gasteiger partial charge on any atom is 0.351 e. The Hall–Kier alpha value is -1.42. The van der Waals surface area contributed by atoms with E-state index in [2.05, 4.69) is 0 Å². The maximum absolute atomic E-state index is 12.0. The number of aliphatic carboxylic acids is 1. The second-order valence-electron chi connectivity index (χ2n) is 5.88. The first-order valence-corrected chi connectivity index (χ1v) is 9.84. The van der Waals surface area contributed by atoms with E-state index < -0.39 is 34.0 Å². The second kappa shape index (κ2) is 6.14. The van der Waals surface area contributed by atoms with Crippen LogP contribution in [-0.4, -0.2) is 61.5 Å². The lowest BCUT2D eigenvalue weighted by atomic mass is 9.94. The summed E-state index contributed by atoms with van der Waals surface area (Å²) in [4.78, 5) is 25.9. The molecule has 0 bridgehead atoms. The van der Waals surface area contributed by atoms with E-state index in [0.717, 1.165) is 0 Å². The summed E-state index contributed by atoms with van der Waals surface area (Å²) in [7, 11) is 0. The van der Waals surface area contributed by atoms with Crippen LogP contribution in [0.15, 0.2) is 29.2 Å². The number of hydrogen-bond donors (Lipinski definition) is 2. The van der Waals surface area contributed by atoms with E-state index in [-0.39, 0.29) is 17.8 Å². The molecule has 2 aliphatic rings. The Labute approximate surface area is 146 Å². The molecule has 1 amide bonds. The zero-order valence-corrected chi connectivity index (χ0v) is 14.8. The van der Waals surface area contributed by atoms with Gasteiger partial charge >= 0.3 is 5.97 Å². The summed E-state index contributed by atoms with van der Waals surface area (Å²) in [5, 5.41) is 9.19. The van der Waals surface area contributed by atoms with Crippen LogP contribution in [0.3, 0.4) is 0 Å². The number of nitrogens with zero attached hydrogens (tertiary/aromatic N) is 1. The van der Waals surface area contributed by atoms with Crippen molar-refractivity contribution < 1.29 is 24.0 Å².